The molecule has 0 spiro atoms. The maximum atomic E-state index is 5.53. The summed E-state index contributed by atoms with van der Waals surface area (Å²) in [5.74, 6) is 0.633. The first-order valence-electron chi connectivity index (χ1n) is 4.65. The number of hydrogen-bond acceptors (Lipinski definition) is 3. The van der Waals surface area contributed by atoms with E-state index in [9.17, 15) is 0 Å². The summed E-state index contributed by atoms with van der Waals surface area (Å²) in [6, 6.07) is 0.451. The Labute approximate surface area is 74.4 Å². The molecule has 1 aliphatic rings. The van der Waals surface area contributed by atoms with Crippen LogP contribution < -0.4 is 5.32 Å². The largest absolute Gasteiger partial charge is 0.381 e. The Morgan fingerprint density at radius 3 is 3.08 bits per heavy atom. The number of ether oxygens (including phenoxy) is 2. The first-order valence-corrected chi connectivity index (χ1v) is 4.65. The quantitative estimate of drug-likeness (QED) is 0.662. The van der Waals surface area contributed by atoms with E-state index in [0.29, 0.717) is 12.0 Å². The zero-order valence-corrected chi connectivity index (χ0v) is 8.01. The zero-order chi connectivity index (χ0) is 8.81. The molecule has 0 aliphatic carbocycles. The van der Waals surface area contributed by atoms with Crippen LogP contribution in [0.25, 0.3) is 0 Å². The van der Waals surface area contributed by atoms with E-state index in [1.54, 1.807) is 0 Å². The smallest absolute Gasteiger partial charge is 0.0616 e. The molecular formula is C9H19NO2. The lowest BCUT2D eigenvalue weighted by Crippen LogP contribution is -2.27. The molecule has 0 bridgehead atoms. The van der Waals surface area contributed by atoms with E-state index >= 15 is 0 Å². The van der Waals surface area contributed by atoms with Crippen LogP contribution in [0.2, 0.25) is 0 Å². The van der Waals surface area contributed by atoms with Gasteiger partial charge in [0.1, 0.15) is 0 Å². The SMILES string of the molecule is CNC(C)COCC1CCOC1. The van der Waals surface area contributed by atoms with Gasteiger partial charge >= 0.3 is 0 Å². The van der Waals surface area contributed by atoms with Gasteiger partial charge in [-0.1, -0.05) is 0 Å². The predicted molar refractivity (Wildman–Crippen MR) is 48.3 cm³/mol. The van der Waals surface area contributed by atoms with Crippen molar-refractivity contribution in [3.63, 3.8) is 0 Å². The van der Waals surface area contributed by atoms with Crippen molar-refractivity contribution in [2.45, 2.75) is 19.4 Å². The van der Waals surface area contributed by atoms with Gasteiger partial charge in [0.15, 0.2) is 0 Å². The molecule has 0 aromatic heterocycles. The molecular weight excluding hydrogens is 154 g/mol. The maximum absolute atomic E-state index is 5.53. The molecule has 2 unspecified atom stereocenters. The standard InChI is InChI=1S/C9H19NO2/c1-8(10-2)5-12-7-9-3-4-11-6-9/h8-10H,3-7H2,1-2H3. The maximum Gasteiger partial charge on any atom is 0.0616 e. The highest BCUT2D eigenvalue weighted by molar-refractivity contribution is 4.63. The van der Waals surface area contributed by atoms with Crippen molar-refractivity contribution in [2.24, 2.45) is 5.92 Å². The zero-order valence-electron chi connectivity index (χ0n) is 8.01. The van der Waals surface area contributed by atoms with Crippen LogP contribution in [0.3, 0.4) is 0 Å². The highest BCUT2D eigenvalue weighted by Crippen LogP contribution is 2.12. The fraction of sp³-hybridized carbons (Fsp3) is 1.00. The summed E-state index contributed by atoms with van der Waals surface area (Å²) in [5, 5.41) is 3.13. The van der Waals surface area contributed by atoms with Gasteiger partial charge in [-0.2, -0.15) is 0 Å². The van der Waals surface area contributed by atoms with Crippen molar-refractivity contribution in [2.75, 3.05) is 33.5 Å². The molecule has 1 aliphatic heterocycles. The van der Waals surface area contributed by atoms with Crippen LogP contribution in [0.4, 0.5) is 0 Å². The van der Waals surface area contributed by atoms with Crippen LogP contribution in [-0.4, -0.2) is 39.5 Å². The van der Waals surface area contributed by atoms with E-state index in [1.165, 1.54) is 0 Å². The second-order valence-electron chi connectivity index (χ2n) is 3.46. The lowest BCUT2D eigenvalue weighted by Gasteiger charge is -2.12. The van der Waals surface area contributed by atoms with Gasteiger partial charge in [0, 0.05) is 18.6 Å². The Morgan fingerprint density at radius 2 is 2.50 bits per heavy atom. The molecule has 0 aromatic rings. The van der Waals surface area contributed by atoms with E-state index in [2.05, 4.69) is 12.2 Å². The molecule has 2 atom stereocenters. The molecule has 0 amide bonds. The first-order chi connectivity index (χ1) is 5.83. The van der Waals surface area contributed by atoms with Crippen molar-refractivity contribution in [1.29, 1.82) is 0 Å². The summed E-state index contributed by atoms with van der Waals surface area (Å²) in [6.07, 6.45) is 1.16. The lowest BCUT2D eigenvalue weighted by atomic mass is 10.1. The number of likely N-dealkylation sites (N-methyl/N-ethyl adjacent to an activating group) is 1. The summed E-state index contributed by atoms with van der Waals surface area (Å²) in [7, 11) is 1.95. The van der Waals surface area contributed by atoms with Gasteiger partial charge in [0.05, 0.1) is 19.8 Å². The van der Waals surface area contributed by atoms with Gasteiger partial charge in [0.25, 0.3) is 0 Å². The summed E-state index contributed by atoms with van der Waals surface area (Å²) >= 11 is 0. The summed E-state index contributed by atoms with van der Waals surface area (Å²) in [6.45, 7) is 5.56. The van der Waals surface area contributed by atoms with Crippen LogP contribution >= 0.6 is 0 Å². The molecule has 1 rings (SSSR count). The molecule has 0 saturated carbocycles. The molecule has 1 fully saturated rings. The topological polar surface area (TPSA) is 30.5 Å². The predicted octanol–water partition coefficient (Wildman–Crippen LogP) is 0.647. The summed E-state index contributed by atoms with van der Waals surface area (Å²) in [4.78, 5) is 0. The van der Waals surface area contributed by atoms with Crippen molar-refractivity contribution in [1.82, 2.24) is 5.32 Å². The number of nitrogens with one attached hydrogen (secondary N) is 1. The third kappa shape index (κ3) is 3.52. The third-order valence-corrected chi connectivity index (χ3v) is 2.24. The second kappa shape index (κ2) is 5.51. The van der Waals surface area contributed by atoms with E-state index in [4.69, 9.17) is 9.47 Å². The lowest BCUT2D eigenvalue weighted by molar-refractivity contribution is 0.0788. The molecule has 3 nitrogen and oxygen atoms in total. The Bertz CT molecular complexity index is 113. The first kappa shape index (κ1) is 9.96. The fourth-order valence-electron chi connectivity index (χ4n) is 1.21. The van der Waals surface area contributed by atoms with Crippen LogP contribution in [-0.2, 0) is 9.47 Å². The van der Waals surface area contributed by atoms with Gasteiger partial charge in [0.2, 0.25) is 0 Å². The van der Waals surface area contributed by atoms with Crippen molar-refractivity contribution in [3.05, 3.63) is 0 Å². The second-order valence-corrected chi connectivity index (χ2v) is 3.46. The normalized spacial score (nSPS) is 26.0. The molecule has 72 valence electrons. The number of rotatable bonds is 5. The minimum atomic E-state index is 0.451. The highest BCUT2D eigenvalue weighted by Gasteiger charge is 2.15. The molecule has 1 N–H and O–H groups in total. The van der Waals surface area contributed by atoms with E-state index < -0.39 is 0 Å². The van der Waals surface area contributed by atoms with Gasteiger partial charge in [-0.25, -0.2) is 0 Å². The van der Waals surface area contributed by atoms with Gasteiger partial charge in [-0.05, 0) is 20.4 Å². The highest BCUT2D eigenvalue weighted by atomic mass is 16.5. The molecule has 1 saturated heterocycles. The van der Waals surface area contributed by atoms with Crippen LogP contribution in [0.15, 0.2) is 0 Å². The minimum Gasteiger partial charge on any atom is -0.381 e. The number of hydrogen-bond donors (Lipinski definition) is 1. The van der Waals surface area contributed by atoms with E-state index in [0.717, 1.165) is 32.8 Å². The average molecular weight is 173 g/mol. The van der Waals surface area contributed by atoms with Crippen LogP contribution in [0.1, 0.15) is 13.3 Å². The van der Waals surface area contributed by atoms with Crippen molar-refractivity contribution in [3.8, 4) is 0 Å². The van der Waals surface area contributed by atoms with E-state index in [-0.39, 0.29) is 0 Å². The minimum absolute atomic E-state index is 0.451. The van der Waals surface area contributed by atoms with Crippen LogP contribution in [0, 0.1) is 5.92 Å². The Kier molecular flexibility index (Phi) is 4.58. The van der Waals surface area contributed by atoms with Crippen molar-refractivity contribution >= 4 is 0 Å². The monoisotopic (exact) mass is 173 g/mol. The average Bonchev–Trinajstić information content (AvgIpc) is 2.57. The van der Waals surface area contributed by atoms with Gasteiger partial charge < -0.3 is 14.8 Å². The molecule has 3 heteroatoms. The summed E-state index contributed by atoms with van der Waals surface area (Å²) < 4.78 is 10.8. The van der Waals surface area contributed by atoms with Gasteiger partial charge in [-0.15, -0.1) is 0 Å². The fourth-order valence-corrected chi connectivity index (χ4v) is 1.21. The van der Waals surface area contributed by atoms with E-state index in [1.807, 2.05) is 7.05 Å². The molecule has 0 aromatic carbocycles. The molecule has 0 radical (unpaired) electrons. The van der Waals surface area contributed by atoms with Crippen molar-refractivity contribution < 1.29 is 9.47 Å². The summed E-state index contributed by atoms with van der Waals surface area (Å²) in [5.41, 5.74) is 0. The Morgan fingerprint density at radius 1 is 1.67 bits per heavy atom. The van der Waals surface area contributed by atoms with Crippen LogP contribution in [0.5, 0.6) is 0 Å². The molecule has 12 heavy (non-hydrogen) atoms. The third-order valence-electron chi connectivity index (χ3n) is 2.24. The Hall–Kier alpha value is -0.120. The molecule has 1 heterocycles. The Balaban J connectivity index is 1.94. The van der Waals surface area contributed by atoms with Gasteiger partial charge in [-0.3, -0.25) is 0 Å².